The lowest BCUT2D eigenvalue weighted by Gasteiger charge is -2.39. The quantitative estimate of drug-likeness (QED) is 0.216. The highest BCUT2D eigenvalue weighted by Crippen LogP contribution is 2.49. The number of carbonyl (C=O) groups excluding carboxylic acids is 1. The van der Waals surface area contributed by atoms with Gasteiger partial charge in [0.2, 0.25) is 0 Å². The molecule has 4 aromatic rings. The van der Waals surface area contributed by atoms with Gasteiger partial charge in [0.15, 0.2) is 5.60 Å². The second kappa shape index (κ2) is 7.12. The molecule has 0 amide bonds. The maximum Gasteiger partial charge on any atom is 0.340 e. The zero-order valence-corrected chi connectivity index (χ0v) is 19.7. The van der Waals surface area contributed by atoms with Crippen molar-refractivity contribution >= 4 is 61.9 Å². The first-order valence-electron chi connectivity index (χ1n) is 9.15. The Morgan fingerprint density at radius 3 is 1.90 bits per heavy atom. The maximum atomic E-state index is 13.2. The van der Waals surface area contributed by atoms with Gasteiger partial charge in [0.25, 0.3) is 0 Å². The number of ether oxygens (including phenoxy) is 1. The Labute approximate surface area is 199 Å². The van der Waals surface area contributed by atoms with Crippen LogP contribution < -0.4 is 0 Å². The summed E-state index contributed by atoms with van der Waals surface area (Å²) in [7, 11) is 0. The monoisotopic (exact) mass is 620 g/mol. The average molecular weight is 620 g/mol. The van der Waals surface area contributed by atoms with Gasteiger partial charge in [-0.15, -0.1) is 0 Å². The summed E-state index contributed by atoms with van der Waals surface area (Å²) in [6.45, 7) is 0. The molecule has 0 radical (unpaired) electrons. The summed E-state index contributed by atoms with van der Waals surface area (Å²) in [6.07, 6.45) is 0. The second-order valence-corrected chi connectivity index (χ2v) is 9.44. The summed E-state index contributed by atoms with van der Waals surface area (Å²) in [4.78, 5) is 13.2. The molecule has 1 heterocycles. The van der Waals surface area contributed by atoms with Crippen LogP contribution in [-0.4, -0.2) is 16.2 Å². The van der Waals surface area contributed by atoms with Gasteiger partial charge in [0, 0.05) is 22.1 Å². The molecule has 0 bridgehead atoms. The number of carbonyl (C=O) groups is 1. The maximum absolute atomic E-state index is 13.2. The predicted octanol–water partition coefficient (Wildman–Crippen LogP) is 5.92. The molecule has 0 saturated heterocycles. The lowest BCUT2D eigenvalue weighted by atomic mass is 9.76. The molecule has 0 unspecified atom stereocenters. The van der Waals surface area contributed by atoms with Gasteiger partial charge in [-0.05, 0) is 80.9 Å². The number of hydrogen-bond acceptors (Lipinski definition) is 4. The average Bonchev–Trinajstić information content (AvgIpc) is 2.74. The van der Waals surface area contributed by atoms with Gasteiger partial charge >= 0.3 is 5.97 Å². The van der Waals surface area contributed by atoms with Crippen molar-refractivity contribution in [3.8, 4) is 11.5 Å². The molecule has 2 N–H and O–H groups in total. The molecule has 0 aromatic heterocycles. The first-order valence-corrected chi connectivity index (χ1v) is 11.3. The minimum Gasteiger partial charge on any atom is -0.507 e. The van der Waals surface area contributed by atoms with Crippen LogP contribution in [0.1, 0.15) is 27.0 Å². The zero-order chi connectivity index (χ0) is 21.0. The van der Waals surface area contributed by atoms with Gasteiger partial charge in [0.05, 0.1) is 12.7 Å². The number of hydrogen-bond donors (Lipinski definition) is 2. The third-order valence-corrected chi connectivity index (χ3v) is 7.19. The molecule has 1 aliphatic rings. The van der Waals surface area contributed by atoms with Crippen LogP contribution in [0, 0.1) is 7.14 Å². The number of esters is 1. The van der Waals surface area contributed by atoms with Gasteiger partial charge in [-0.1, -0.05) is 42.5 Å². The molecule has 4 aromatic carbocycles. The summed E-state index contributed by atoms with van der Waals surface area (Å²) in [6, 6.07) is 21.9. The van der Waals surface area contributed by atoms with Crippen molar-refractivity contribution in [2.75, 3.05) is 0 Å². The summed E-state index contributed by atoms with van der Waals surface area (Å²) < 4.78 is 7.55. The largest absolute Gasteiger partial charge is 0.507 e. The highest BCUT2D eigenvalue weighted by molar-refractivity contribution is 14.1. The number of phenols is 2. The van der Waals surface area contributed by atoms with Crippen LogP contribution >= 0.6 is 45.2 Å². The molecule has 5 rings (SSSR count). The van der Waals surface area contributed by atoms with E-state index in [1.807, 2.05) is 42.5 Å². The Balaban J connectivity index is 1.95. The van der Waals surface area contributed by atoms with Crippen molar-refractivity contribution < 1.29 is 19.7 Å². The predicted molar refractivity (Wildman–Crippen MR) is 131 cm³/mol. The molecule has 0 atom stereocenters. The SMILES string of the molecule is O=C1OC(c2ccc(O)c(I)c2)(c2ccc(O)c(I)c2)c2cccc3cccc1c23. The number of aromatic hydroxyl groups is 2. The van der Waals surface area contributed by atoms with E-state index in [2.05, 4.69) is 45.2 Å². The zero-order valence-electron chi connectivity index (χ0n) is 15.4. The normalized spacial score (nSPS) is 14.5. The van der Waals surface area contributed by atoms with Gasteiger partial charge in [-0.3, -0.25) is 0 Å². The molecule has 0 saturated carbocycles. The molecular weight excluding hydrogens is 606 g/mol. The Bertz CT molecular complexity index is 1290. The van der Waals surface area contributed by atoms with E-state index in [0.29, 0.717) is 12.7 Å². The van der Waals surface area contributed by atoms with E-state index in [1.165, 1.54) is 0 Å². The third kappa shape index (κ3) is 2.80. The van der Waals surface area contributed by atoms with Gasteiger partial charge in [-0.2, -0.15) is 0 Å². The standard InChI is InChI=1S/C24H14I2O4/c25-18-11-14(7-9-20(18)27)24(15-8-10-21(28)19(26)12-15)17-6-2-4-13-3-1-5-16(22(13)17)23(29)30-24/h1-12,27-28H. The van der Waals surface area contributed by atoms with E-state index in [-0.39, 0.29) is 11.5 Å². The van der Waals surface area contributed by atoms with Gasteiger partial charge < -0.3 is 14.9 Å². The molecule has 0 spiro atoms. The van der Waals surface area contributed by atoms with Crippen molar-refractivity contribution in [2.45, 2.75) is 5.60 Å². The van der Waals surface area contributed by atoms with Crippen molar-refractivity contribution in [1.82, 2.24) is 0 Å². The van der Waals surface area contributed by atoms with Crippen molar-refractivity contribution in [1.29, 1.82) is 0 Å². The molecule has 0 aliphatic carbocycles. The van der Waals surface area contributed by atoms with Gasteiger partial charge in [-0.25, -0.2) is 4.79 Å². The van der Waals surface area contributed by atoms with Crippen LogP contribution in [-0.2, 0) is 10.3 Å². The van der Waals surface area contributed by atoms with E-state index >= 15 is 0 Å². The number of phenolic OH excluding ortho intramolecular Hbond substituents is 2. The number of cyclic esters (lactones) is 1. The Morgan fingerprint density at radius 2 is 1.33 bits per heavy atom. The number of benzene rings is 4. The van der Waals surface area contributed by atoms with E-state index in [9.17, 15) is 15.0 Å². The first kappa shape index (κ1) is 19.6. The molecule has 4 nitrogen and oxygen atoms in total. The first-order chi connectivity index (χ1) is 14.4. The lowest BCUT2D eigenvalue weighted by Crippen LogP contribution is -2.38. The summed E-state index contributed by atoms with van der Waals surface area (Å²) in [5.41, 5.74) is 1.61. The lowest BCUT2D eigenvalue weighted by molar-refractivity contribution is 0.0125. The molecular formula is C24H14I2O4. The summed E-state index contributed by atoms with van der Waals surface area (Å²) in [5.74, 6) is -0.0865. The molecule has 30 heavy (non-hydrogen) atoms. The van der Waals surface area contributed by atoms with Crippen molar-refractivity contribution in [2.24, 2.45) is 0 Å². The third-order valence-electron chi connectivity index (χ3n) is 5.46. The van der Waals surface area contributed by atoms with Crippen molar-refractivity contribution in [3.05, 3.63) is 102 Å². The smallest absolute Gasteiger partial charge is 0.340 e. The van der Waals surface area contributed by atoms with Crippen LogP contribution in [0.5, 0.6) is 11.5 Å². The highest BCUT2D eigenvalue weighted by atomic mass is 127. The Hall–Kier alpha value is -2.33. The number of halogens is 2. The second-order valence-electron chi connectivity index (χ2n) is 7.11. The fraction of sp³-hybridized carbons (Fsp3) is 0.0417. The highest BCUT2D eigenvalue weighted by Gasteiger charge is 2.46. The minimum atomic E-state index is -1.22. The summed E-state index contributed by atoms with van der Waals surface area (Å²) in [5, 5.41) is 22.0. The van der Waals surface area contributed by atoms with Crippen LogP contribution in [0.2, 0.25) is 0 Å². The van der Waals surface area contributed by atoms with Crippen LogP contribution in [0.15, 0.2) is 72.8 Å². The Kier molecular flexibility index (Phi) is 4.66. The van der Waals surface area contributed by atoms with Crippen molar-refractivity contribution in [3.63, 3.8) is 0 Å². The summed E-state index contributed by atoms with van der Waals surface area (Å²) >= 11 is 4.13. The molecule has 6 heteroatoms. The van der Waals surface area contributed by atoms with E-state index in [0.717, 1.165) is 27.5 Å². The molecule has 1 aliphatic heterocycles. The molecule has 0 fully saturated rings. The van der Waals surface area contributed by atoms with E-state index in [4.69, 9.17) is 4.74 Å². The van der Waals surface area contributed by atoms with Gasteiger partial charge in [0.1, 0.15) is 11.5 Å². The topological polar surface area (TPSA) is 66.8 Å². The molecule has 148 valence electrons. The fourth-order valence-corrected chi connectivity index (χ4v) is 5.13. The van der Waals surface area contributed by atoms with E-state index in [1.54, 1.807) is 30.3 Å². The fourth-order valence-electron chi connectivity index (χ4n) is 4.10. The number of rotatable bonds is 2. The van der Waals surface area contributed by atoms with Crippen LogP contribution in [0.3, 0.4) is 0 Å². The van der Waals surface area contributed by atoms with E-state index < -0.39 is 11.6 Å². The van der Waals surface area contributed by atoms with Crippen LogP contribution in [0.4, 0.5) is 0 Å². The Morgan fingerprint density at radius 1 is 0.767 bits per heavy atom. The van der Waals surface area contributed by atoms with Crippen LogP contribution in [0.25, 0.3) is 10.8 Å². The minimum absolute atomic E-state index is 0.163.